The topological polar surface area (TPSA) is 58.2 Å². The van der Waals surface area contributed by atoms with Gasteiger partial charge in [0, 0.05) is 25.4 Å². The third-order valence-corrected chi connectivity index (χ3v) is 4.06. The van der Waals surface area contributed by atoms with Crippen molar-refractivity contribution in [2.75, 3.05) is 6.54 Å². The van der Waals surface area contributed by atoms with Gasteiger partial charge in [-0.25, -0.2) is 0 Å². The normalized spacial score (nSPS) is 26.9. The van der Waals surface area contributed by atoms with Gasteiger partial charge in [0.05, 0.1) is 0 Å². The maximum atomic E-state index is 11.6. The second-order valence-corrected chi connectivity index (χ2v) is 5.36. The number of carbonyl (C=O) groups is 2. The molecule has 2 atom stereocenters. The number of amides is 2. The van der Waals surface area contributed by atoms with Crippen molar-refractivity contribution in [2.24, 2.45) is 11.8 Å². The second kappa shape index (κ2) is 5.52. The molecule has 2 fully saturated rings. The van der Waals surface area contributed by atoms with Crippen LogP contribution in [0.5, 0.6) is 0 Å². The van der Waals surface area contributed by atoms with E-state index in [0.717, 1.165) is 19.4 Å². The first-order chi connectivity index (χ1) is 8.16. The largest absolute Gasteiger partial charge is 0.356 e. The van der Waals surface area contributed by atoms with E-state index < -0.39 is 0 Å². The molecule has 0 aromatic heterocycles. The Hall–Kier alpha value is -1.06. The molecule has 2 rings (SSSR count). The summed E-state index contributed by atoms with van der Waals surface area (Å²) in [4.78, 5) is 22.8. The fraction of sp³-hybridized carbons (Fsp3) is 0.846. The van der Waals surface area contributed by atoms with Crippen LogP contribution < -0.4 is 10.6 Å². The van der Waals surface area contributed by atoms with E-state index in [1.165, 1.54) is 25.7 Å². The van der Waals surface area contributed by atoms with E-state index in [1.807, 2.05) is 0 Å². The van der Waals surface area contributed by atoms with Crippen molar-refractivity contribution in [3.63, 3.8) is 0 Å². The zero-order valence-electron chi connectivity index (χ0n) is 10.5. The van der Waals surface area contributed by atoms with E-state index in [9.17, 15) is 9.59 Å². The summed E-state index contributed by atoms with van der Waals surface area (Å²) >= 11 is 0. The van der Waals surface area contributed by atoms with E-state index in [1.54, 1.807) is 6.92 Å². The highest BCUT2D eigenvalue weighted by Gasteiger charge is 2.32. The van der Waals surface area contributed by atoms with E-state index in [0.29, 0.717) is 5.92 Å². The van der Waals surface area contributed by atoms with Crippen molar-refractivity contribution < 1.29 is 9.59 Å². The predicted molar refractivity (Wildman–Crippen MR) is 65.3 cm³/mol. The highest BCUT2D eigenvalue weighted by molar-refractivity contribution is 5.80. The Labute approximate surface area is 103 Å². The molecule has 17 heavy (non-hydrogen) atoms. The number of carbonyl (C=O) groups excluding carboxylic acids is 2. The SMILES string of the molecule is CC(=O)NC(CC1CCNC1=O)C1CCCC1. The van der Waals surface area contributed by atoms with Gasteiger partial charge in [0.15, 0.2) is 0 Å². The first-order valence-corrected chi connectivity index (χ1v) is 6.71. The van der Waals surface area contributed by atoms with Crippen molar-refractivity contribution in [3.8, 4) is 0 Å². The van der Waals surface area contributed by atoms with Gasteiger partial charge in [0.2, 0.25) is 11.8 Å². The zero-order chi connectivity index (χ0) is 12.3. The molecule has 0 bridgehead atoms. The van der Waals surface area contributed by atoms with Gasteiger partial charge in [-0.3, -0.25) is 9.59 Å². The highest BCUT2D eigenvalue weighted by atomic mass is 16.2. The maximum Gasteiger partial charge on any atom is 0.223 e. The third-order valence-electron chi connectivity index (χ3n) is 4.06. The summed E-state index contributed by atoms with van der Waals surface area (Å²) in [7, 11) is 0. The van der Waals surface area contributed by atoms with Crippen LogP contribution in [0.1, 0.15) is 45.4 Å². The van der Waals surface area contributed by atoms with Gasteiger partial charge in [0.25, 0.3) is 0 Å². The van der Waals surface area contributed by atoms with Crippen LogP contribution in [0.4, 0.5) is 0 Å². The lowest BCUT2D eigenvalue weighted by Crippen LogP contribution is -2.40. The summed E-state index contributed by atoms with van der Waals surface area (Å²) in [6.45, 7) is 2.36. The Morgan fingerprint density at radius 1 is 1.41 bits per heavy atom. The molecule has 4 heteroatoms. The molecule has 1 aliphatic carbocycles. The molecular weight excluding hydrogens is 216 g/mol. The summed E-state index contributed by atoms with van der Waals surface area (Å²) in [5.41, 5.74) is 0. The number of hydrogen-bond donors (Lipinski definition) is 2. The third kappa shape index (κ3) is 3.20. The minimum absolute atomic E-state index is 0.0281. The van der Waals surface area contributed by atoms with Crippen LogP contribution in [0, 0.1) is 11.8 Å². The zero-order valence-corrected chi connectivity index (χ0v) is 10.5. The van der Waals surface area contributed by atoms with Crippen molar-refractivity contribution >= 4 is 11.8 Å². The Balaban J connectivity index is 1.94. The fourth-order valence-corrected chi connectivity index (χ4v) is 3.17. The average Bonchev–Trinajstić information content (AvgIpc) is 2.89. The second-order valence-electron chi connectivity index (χ2n) is 5.36. The summed E-state index contributed by atoms with van der Waals surface area (Å²) in [5, 5.41) is 5.92. The van der Waals surface area contributed by atoms with Crippen molar-refractivity contribution in [1.29, 1.82) is 0 Å². The van der Waals surface area contributed by atoms with E-state index in [2.05, 4.69) is 10.6 Å². The van der Waals surface area contributed by atoms with E-state index in [-0.39, 0.29) is 23.8 Å². The average molecular weight is 238 g/mol. The van der Waals surface area contributed by atoms with Crippen molar-refractivity contribution in [2.45, 2.75) is 51.5 Å². The van der Waals surface area contributed by atoms with Gasteiger partial charge in [-0.1, -0.05) is 12.8 Å². The lowest BCUT2D eigenvalue weighted by Gasteiger charge is -2.26. The van der Waals surface area contributed by atoms with Gasteiger partial charge in [-0.15, -0.1) is 0 Å². The van der Waals surface area contributed by atoms with Crippen LogP contribution in [0.2, 0.25) is 0 Å². The molecule has 1 saturated heterocycles. The Kier molecular flexibility index (Phi) is 4.02. The number of hydrogen-bond acceptors (Lipinski definition) is 2. The van der Waals surface area contributed by atoms with Gasteiger partial charge in [0.1, 0.15) is 0 Å². The van der Waals surface area contributed by atoms with Crippen LogP contribution in [-0.4, -0.2) is 24.4 Å². The Morgan fingerprint density at radius 3 is 2.65 bits per heavy atom. The molecule has 96 valence electrons. The van der Waals surface area contributed by atoms with E-state index >= 15 is 0 Å². The monoisotopic (exact) mass is 238 g/mol. The quantitative estimate of drug-likeness (QED) is 0.773. The molecule has 0 spiro atoms. The van der Waals surface area contributed by atoms with Crippen molar-refractivity contribution in [1.82, 2.24) is 10.6 Å². The summed E-state index contributed by atoms with van der Waals surface area (Å²) in [6, 6.07) is 0.198. The summed E-state index contributed by atoms with van der Waals surface area (Å²) < 4.78 is 0. The molecule has 1 heterocycles. The molecule has 2 amide bonds. The minimum Gasteiger partial charge on any atom is -0.356 e. The molecule has 0 aromatic rings. The van der Waals surface area contributed by atoms with Crippen LogP contribution in [-0.2, 0) is 9.59 Å². The molecule has 1 aliphatic heterocycles. The summed E-state index contributed by atoms with van der Waals surface area (Å²) in [6.07, 6.45) is 6.64. The molecule has 0 aromatic carbocycles. The van der Waals surface area contributed by atoms with Crippen LogP contribution >= 0.6 is 0 Å². The number of nitrogens with one attached hydrogen (secondary N) is 2. The van der Waals surface area contributed by atoms with Crippen molar-refractivity contribution in [3.05, 3.63) is 0 Å². The molecular formula is C13H22N2O2. The molecule has 2 N–H and O–H groups in total. The molecule has 0 radical (unpaired) electrons. The van der Waals surface area contributed by atoms with Gasteiger partial charge in [-0.2, -0.15) is 0 Å². The summed E-state index contributed by atoms with van der Waals surface area (Å²) in [5.74, 6) is 0.874. The molecule has 2 aliphatic rings. The van der Waals surface area contributed by atoms with Gasteiger partial charge in [-0.05, 0) is 31.6 Å². The van der Waals surface area contributed by atoms with Crippen LogP contribution in [0.25, 0.3) is 0 Å². The Morgan fingerprint density at radius 2 is 2.12 bits per heavy atom. The van der Waals surface area contributed by atoms with Gasteiger partial charge >= 0.3 is 0 Å². The molecule has 4 nitrogen and oxygen atoms in total. The fourth-order valence-electron chi connectivity index (χ4n) is 3.17. The first kappa shape index (κ1) is 12.4. The van der Waals surface area contributed by atoms with Gasteiger partial charge < -0.3 is 10.6 Å². The molecule has 1 saturated carbocycles. The number of rotatable bonds is 4. The predicted octanol–water partition coefficient (Wildman–Crippen LogP) is 1.21. The minimum atomic E-state index is 0.0281. The lowest BCUT2D eigenvalue weighted by atomic mass is 9.88. The van der Waals surface area contributed by atoms with Crippen LogP contribution in [0.3, 0.4) is 0 Å². The van der Waals surface area contributed by atoms with E-state index in [4.69, 9.17) is 0 Å². The first-order valence-electron chi connectivity index (χ1n) is 6.71. The van der Waals surface area contributed by atoms with Crippen LogP contribution in [0.15, 0.2) is 0 Å². The lowest BCUT2D eigenvalue weighted by molar-refractivity contribution is -0.124. The molecule has 2 unspecified atom stereocenters. The highest BCUT2D eigenvalue weighted by Crippen LogP contribution is 2.31. The smallest absolute Gasteiger partial charge is 0.223 e. The standard InChI is InChI=1S/C13H22N2O2/c1-9(16)15-12(10-4-2-3-5-10)8-11-6-7-14-13(11)17/h10-12H,2-8H2,1H3,(H,14,17)(H,15,16). The maximum absolute atomic E-state index is 11.6. The Bertz CT molecular complexity index is 298.